The number of carbonyl (C=O) groups excluding carboxylic acids is 2. The van der Waals surface area contributed by atoms with Gasteiger partial charge >= 0.3 is 19.5 Å². The molecule has 7 nitrogen and oxygen atoms in total. The zero-order valence-electron chi connectivity index (χ0n) is 8.53. The van der Waals surface area contributed by atoms with E-state index >= 15 is 0 Å². The van der Waals surface area contributed by atoms with Crippen molar-refractivity contribution in [2.24, 2.45) is 0 Å². The molecule has 2 amide bonds. The monoisotopic (exact) mass is 223 g/mol. The normalized spacial score (nSPS) is 14.3. The highest BCUT2D eigenvalue weighted by molar-refractivity contribution is 7.55. The zero-order valence-corrected chi connectivity index (χ0v) is 9.42. The average Bonchev–Trinajstić information content (AvgIpc) is 2.24. The van der Waals surface area contributed by atoms with Gasteiger partial charge in [0, 0.05) is 21.2 Å². The van der Waals surface area contributed by atoms with E-state index in [9.17, 15) is 14.2 Å². The lowest BCUT2D eigenvalue weighted by Gasteiger charge is -2.24. The average molecular weight is 223 g/mol. The summed E-state index contributed by atoms with van der Waals surface area (Å²) in [6.45, 7) is 0. The first-order valence-electron chi connectivity index (χ1n) is 3.78. The minimum absolute atomic E-state index is 0.742. The summed E-state index contributed by atoms with van der Waals surface area (Å²) in [5.74, 6) is -1.77. The highest BCUT2D eigenvalue weighted by atomic mass is 31.2. The first-order chi connectivity index (χ1) is 6.42. The van der Waals surface area contributed by atoms with Gasteiger partial charge in [-0.15, -0.1) is 0 Å². The van der Waals surface area contributed by atoms with Crippen molar-refractivity contribution in [2.45, 2.75) is 0 Å². The molecule has 0 aromatic heterocycles. The van der Waals surface area contributed by atoms with Gasteiger partial charge in [-0.2, -0.15) is 0 Å². The molecular weight excluding hydrogens is 209 g/mol. The smallest absolute Gasteiger partial charge is 0.351 e. The van der Waals surface area contributed by atoms with Gasteiger partial charge in [-0.1, -0.05) is 0 Å². The SMILES string of the molecule is CNC(=O)C(=O)N(C)P(=O)(NC)OC. The van der Waals surface area contributed by atoms with Crippen LogP contribution in [0.15, 0.2) is 0 Å². The Hall–Kier alpha value is -0.910. The van der Waals surface area contributed by atoms with Gasteiger partial charge in [0.2, 0.25) is 0 Å². The van der Waals surface area contributed by atoms with Crippen LogP contribution >= 0.6 is 7.67 Å². The molecule has 0 aromatic carbocycles. The number of hydrogen-bond donors (Lipinski definition) is 2. The number of nitrogens with zero attached hydrogens (tertiary/aromatic N) is 1. The number of rotatable bonds is 3. The van der Waals surface area contributed by atoms with Crippen LogP contribution in [-0.2, 0) is 18.7 Å². The third kappa shape index (κ3) is 2.54. The summed E-state index contributed by atoms with van der Waals surface area (Å²) in [6.07, 6.45) is 0. The van der Waals surface area contributed by atoms with Gasteiger partial charge in [0.05, 0.1) is 0 Å². The van der Waals surface area contributed by atoms with E-state index in [0.717, 1.165) is 4.67 Å². The molecule has 0 radical (unpaired) electrons. The van der Waals surface area contributed by atoms with E-state index in [-0.39, 0.29) is 0 Å². The molecule has 0 rings (SSSR count). The highest BCUT2D eigenvalue weighted by Crippen LogP contribution is 2.43. The van der Waals surface area contributed by atoms with Crippen LogP contribution in [0.3, 0.4) is 0 Å². The minimum Gasteiger partial charge on any atom is -0.351 e. The van der Waals surface area contributed by atoms with Crippen molar-refractivity contribution in [3.63, 3.8) is 0 Å². The Balaban J connectivity index is 4.77. The third-order valence-corrected chi connectivity index (χ3v) is 3.67. The van der Waals surface area contributed by atoms with Crippen molar-refractivity contribution in [3.05, 3.63) is 0 Å². The number of likely N-dealkylation sites (N-methyl/N-ethyl adjacent to an activating group) is 2. The van der Waals surface area contributed by atoms with E-state index in [1.807, 2.05) is 0 Å². The van der Waals surface area contributed by atoms with Crippen LogP contribution in [0, 0.1) is 0 Å². The third-order valence-electron chi connectivity index (χ3n) is 1.64. The van der Waals surface area contributed by atoms with Crippen molar-refractivity contribution in [2.75, 3.05) is 28.3 Å². The summed E-state index contributed by atoms with van der Waals surface area (Å²) in [7, 11) is 1.67. The summed E-state index contributed by atoms with van der Waals surface area (Å²) in [4.78, 5) is 22.2. The lowest BCUT2D eigenvalue weighted by molar-refractivity contribution is -0.142. The predicted molar refractivity (Wildman–Crippen MR) is 50.5 cm³/mol. The number of carbonyl (C=O) groups is 2. The fraction of sp³-hybridized carbons (Fsp3) is 0.667. The summed E-state index contributed by atoms with van der Waals surface area (Å²) in [5.41, 5.74) is 0. The van der Waals surface area contributed by atoms with Gasteiger partial charge in [-0.05, 0) is 7.05 Å². The molecule has 0 aliphatic heterocycles. The minimum atomic E-state index is -3.42. The molecule has 0 bridgehead atoms. The fourth-order valence-electron chi connectivity index (χ4n) is 0.737. The Morgan fingerprint density at radius 3 is 2.14 bits per heavy atom. The second-order valence-corrected chi connectivity index (χ2v) is 4.79. The Labute approximate surface area is 82.3 Å². The van der Waals surface area contributed by atoms with E-state index in [4.69, 9.17) is 0 Å². The van der Waals surface area contributed by atoms with Crippen LogP contribution in [0.4, 0.5) is 0 Å². The Morgan fingerprint density at radius 1 is 1.36 bits per heavy atom. The molecule has 82 valence electrons. The first kappa shape index (κ1) is 13.1. The lowest BCUT2D eigenvalue weighted by Crippen LogP contribution is -2.39. The Bertz CT molecular complexity index is 272. The highest BCUT2D eigenvalue weighted by Gasteiger charge is 2.33. The van der Waals surface area contributed by atoms with Gasteiger partial charge < -0.3 is 9.84 Å². The number of nitrogens with one attached hydrogen (secondary N) is 2. The molecule has 2 N–H and O–H groups in total. The van der Waals surface area contributed by atoms with Gasteiger partial charge in [0.15, 0.2) is 0 Å². The van der Waals surface area contributed by atoms with E-state index < -0.39 is 19.5 Å². The van der Waals surface area contributed by atoms with Crippen LogP contribution in [0.25, 0.3) is 0 Å². The first-order valence-corrected chi connectivity index (χ1v) is 5.35. The molecule has 0 aromatic rings. The number of amides is 2. The molecule has 14 heavy (non-hydrogen) atoms. The van der Waals surface area contributed by atoms with Crippen LogP contribution in [0.5, 0.6) is 0 Å². The van der Waals surface area contributed by atoms with Gasteiger partial charge in [-0.25, -0.2) is 9.65 Å². The van der Waals surface area contributed by atoms with Crippen molar-refractivity contribution < 1.29 is 18.7 Å². The maximum atomic E-state index is 11.7. The van der Waals surface area contributed by atoms with E-state index in [0.29, 0.717) is 0 Å². The maximum Gasteiger partial charge on any atom is 0.370 e. The molecule has 0 saturated carbocycles. The van der Waals surface area contributed by atoms with Gasteiger partial charge in [-0.3, -0.25) is 14.3 Å². The molecule has 1 unspecified atom stereocenters. The van der Waals surface area contributed by atoms with Crippen LogP contribution in [0.2, 0.25) is 0 Å². The predicted octanol–water partition coefficient (Wildman–Crippen LogP) is -0.835. The summed E-state index contributed by atoms with van der Waals surface area (Å²) >= 11 is 0. The molecule has 0 heterocycles. The van der Waals surface area contributed by atoms with Crippen molar-refractivity contribution in [1.29, 1.82) is 0 Å². The quantitative estimate of drug-likeness (QED) is 0.481. The standard InChI is InChI=1S/C6H14N3O4P/c1-7-5(10)6(11)9(3)14(12,8-2)13-4/h1-4H3,(H,7,10)(H,8,12). The molecule has 0 spiro atoms. The zero-order chi connectivity index (χ0) is 11.4. The van der Waals surface area contributed by atoms with Gasteiger partial charge in [0.1, 0.15) is 0 Å². The molecule has 0 saturated heterocycles. The van der Waals surface area contributed by atoms with Crippen LogP contribution < -0.4 is 10.4 Å². The summed E-state index contributed by atoms with van der Waals surface area (Å²) < 4.78 is 17.1. The molecule has 1 atom stereocenters. The molecule has 0 aliphatic rings. The second-order valence-electron chi connectivity index (χ2n) is 2.33. The Kier molecular flexibility index (Phi) is 4.76. The number of hydrogen-bond acceptors (Lipinski definition) is 4. The van der Waals surface area contributed by atoms with E-state index in [1.165, 1.54) is 28.3 Å². The van der Waals surface area contributed by atoms with Crippen LogP contribution in [0.1, 0.15) is 0 Å². The topological polar surface area (TPSA) is 87.7 Å². The van der Waals surface area contributed by atoms with Crippen molar-refractivity contribution in [1.82, 2.24) is 15.1 Å². The second kappa shape index (κ2) is 5.09. The Morgan fingerprint density at radius 2 is 1.86 bits per heavy atom. The fourth-order valence-corrected chi connectivity index (χ4v) is 1.79. The van der Waals surface area contributed by atoms with Crippen molar-refractivity contribution in [3.8, 4) is 0 Å². The molecule has 0 aliphatic carbocycles. The van der Waals surface area contributed by atoms with Crippen LogP contribution in [-0.4, -0.2) is 44.7 Å². The molecular formula is C6H14N3O4P. The largest absolute Gasteiger partial charge is 0.370 e. The summed E-state index contributed by atoms with van der Waals surface area (Å²) in [6, 6.07) is 0. The van der Waals surface area contributed by atoms with Gasteiger partial charge in [0.25, 0.3) is 0 Å². The van der Waals surface area contributed by atoms with E-state index in [1.54, 1.807) is 0 Å². The maximum absolute atomic E-state index is 11.7. The van der Waals surface area contributed by atoms with Crippen molar-refractivity contribution >= 4 is 19.5 Å². The molecule has 8 heteroatoms. The van der Waals surface area contributed by atoms with E-state index in [2.05, 4.69) is 14.9 Å². The lowest BCUT2D eigenvalue weighted by atomic mass is 10.6. The summed E-state index contributed by atoms with van der Waals surface area (Å²) in [5, 5.41) is 4.48. The molecule has 0 fully saturated rings.